The van der Waals surface area contributed by atoms with Crippen molar-refractivity contribution in [1.82, 2.24) is 20.0 Å². The molecule has 1 unspecified atom stereocenters. The Labute approximate surface area is 138 Å². The third-order valence-electron chi connectivity index (χ3n) is 5.08. The Balaban J connectivity index is 1.54. The second kappa shape index (κ2) is 6.99. The molecule has 0 radical (unpaired) electrons. The number of carbonyl (C=O) groups excluding carboxylic acids is 1. The summed E-state index contributed by atoms with van der Waals surface area (Å²) in [7, 11) is 2.10. The molecule has 2 fully saturated rings. The zero-order valence-corrected chi connectivity index (χ0v) is 14.5. The molecule has 1 aromatic heterocycles. The zero-order chi connectivity index (χ0) is 16.4. The zero-order valence-electron chi connectivity index (χ0n) is 14.5. The maximum absolute atomic E-state index is 12.7. The largest absolute Gasteiger partial charge is 0.425 e. The smallest absolute Gasteiger partial charge is 0.226 e. The number of hydrogen-bond acceptors (Lipinski definition) is 5. The van der Waals surface area contributed by atoms with Crippen molar-refractivity contribution < 1.29 is 9.21 Å². The number of hydrogen-bond donors (Lipinski definition) is 0. The van der Waals surface area contributed by atoms with Crippen molar-refractivity contribution in [3.05, 3.63) is 11.8 Å². The molecule has 3 rings (SSSR count). The van der Waals surface area contributed by atoms with Crippen LogP contribution in [-0.2, 0) is 4.79 Å². The van der Waals surface area contributed by atoms with Crippen molar-refractivity contribution in [3.63, 3.8) is 0 Å². The fraction of sp³-hybridized carbons (Fsp3) is 0.824. The summed E-state index contributed by atoms with van der Waals surface area (Å²) in [6, 6.07) is 0. The van der Waals surface area contributed by atoms with Crippen LogP contribution >= 0.6 is 0 Å². The van der Waals surface area contributed by atoms with Crippen LogP contribution in [0.1, 0.15) is 63.1 Å². The van der Waals surface area contributed by atoms with Crippen molar-refractivity contribution in [2.45, 2.75) is 51.4 Å². The predicted octanol–water partition coefficient (Wildman–Crippen LogP) is 2.24. The van der Waals surface area contributed by atoms with Gasteiger partial charge in [-0.25, -0.2) is 0 Å². The van der Waals surface area contributed by atoms with Gasteiger partial charge in [0.15, 0.2) is 0 Å². The molecule has 23 heavy (non-hydrogen) atoms. The van der Waals surface area contributed by atoms with Crippen LogP contribution in [0.25, 0.3) is 0 Å². The minimum absolute atomic E-state index is 0.182. The van der Waals surface area contributed by atoms with Crippen molar-refractivity contribution in [2.75, 3.05) is 33.2 Å². The van der Waals surface area contributed by atoms with Crippen molar-refractivity contribution in [3.8, 4) is 0 Å². The minimum Gasteiger partial charge on any atom is -0.425 e. The van der Waals surface area contributed by atoms with E-state index in [1.165, 1.54) is 0 Å². The number of amides is 1. The average molecular weight is 320 g/mol. The lowest BCUT2D eigenvalue weighted by atomic mass is 9.93. The summed E-state index contributed by atoms with van der Waals surface area (Å²) in [6.45, 7) is 7.74. The molecular formula is C17H28N4O2. The maximum atomic E-state index is 12.7. The first-order valence-electron chi connectivity index (χ1n) is 8.85. The first-order valence-corrected chi connectivity index (χ1v) is 8.85. The van der Waals surface area contributed by atoms with Crippen molar-refractivity contribution in [2.24, 2.45) is 5.92 Å². The first-order chi connectivity index (χ1) is 11.0. The van der Waals surface area contributed by atoms with Crippen LogP contribution in [0, 0.1) is 5.92 Å². The van der Waals surface area contributed by atoms with Gasteiger partial charge in [0.2, 0.25) is 17.7 Å². The molecule has 0 aliphatic carbocycles. The molecule has 0 aromatic carbocycles. The topological polar surface area (TPSA) is 62.5 Å². The van der Waals surface area contributed by atoms with Crippen LogP contribution in [0.5, 0.6) is 0 Å². The Morgan fingerprint density at radius 1 is 1.17 bits per heavy atom. The van der Waals surface area contributed by atoms with Crippen LogP contribution in [0.4, 0.5) is 0 Å². The van der Waals surface area contributed by atoms with Crippen LogP contribution in [-0.4, -0.2) is 59.1 Å². The molecule has 2 aliphatic rings. The van der Waals surface area contributed by atoms with E-state index < -0.39 is 0 Å². The molecule has 0 saturated carbocycles. The van der Waals surface area contributed by atoms with E-state index >= 15 is 0 Å². The number of likely N-dealkylation sites (tertiary alicyclic amines) is 2. The Hall–Kier alpha value is -1.43. The minimum atomic E-state index is 0.182. The molecule has 2 aliphatic heterocycles. The fourth-order valence-corrected chi connectivity index (χ4v) is 3.62. The molecule has 6 heteroatoms. The highest BCUT2D eigenvalue weighted by Gasteiger charge is 2.32. The summed E-state index contributed by atoms with van der Waals surface area (Å²) in [5, 5.41) is 8.33. The van der Waals surface area contributed by atoms with E-state index in [0.717, 1.165) is 57.8 Å². The summed E-state index contributed by atoms with van der Waals surface area (Å²) in [6.07, 6.45) is 4.01. The van der Waals surface area contributed by atoms with Gasteiger partial charge in [-0.05, 0) is 39.3 Å². The van der Waals surface area contributed by atoms with E-state index in [0.29, 0.717) is 17.7 Å². The van der Waals surface area contributed by atoms with Gasteiger partial charge in [-0.3, -0.25) is 4.79 Å². The molecule has 0 bridgehead atoms. The second-order valence-corrected chi connectivity index (χ2v) is 7.33. The third kappa shape index (κ3) is 3.74. The molecule has 0 N–H and O–H groups in total. The van der Waals surface area contributed by atoms with Gasteiger partial charge >= 0.3 is 0 Å². The van der Waals surface area contributed by atoms with E-state index in [9.17, 15) is 4.79 Å². The molecule has 0 spiro atoms. The maximum Gasteiger partial charge on any atom is 0.226 e. The SMILES string of the molecule is CC(C)c1nnc(C2CCN(C(=O)C3CCCN(C)C3)CC2)o1. The van der Waals surface area contributed by atoms with Crippen LogP contribution in [0.15, 0.2) is 4.42 Å². The van der Waals surface area contributed by atoms with E-state index in [4.69, 9.17) is 4.42 Å². The van der Waals surface area contributed by atoms with Crippen molar-refractivity contribution >= 4 is 5.91 Å². The summed E-state index contributed by atoms with van der Waals surface area (Å²) in [4.78, 5) is 17.0. The van der Waals surface area contributed by atoms with Crippen LogP contribution < -0.4 is 0 Å². The Morgan fingerprint density at radius 2 is 1.91 bits per heavy atom. The average Bonchev–Trinajstić information content (AvgIpc) is 3.04. The molecule has 1 amide bonds. The van der Waals surface area contributed by atoms with Gasteiger partial charge in [-0.1, -0.05) is 13.8 Å². The lowest BCUT2D eigenvalue weighted by Crippen LogP contribution is -2.46. The molecule has 6 nitrogen and oxygen atoms in total. The highest BCUT2D eigenvalue weighted by Crippen LogP contribution is 2.29. The summed E-state index contributed by atoms with van der Waals surface area (Å²) in [5.41, 5.74) is 0. The molecule has 2 saturated heterocycles. The second-order valence-electron chi connectivity index (χ2n) is 7.33. The molecule has 128 valence electrons. The van der Waals surface area contributed by atoms with Gasteiger partial charge in [-0.15, -0.1) is 10.2 Å². The molecule has 1 aromatic rings. The van der Waals surface area contributed by atoms with Gasteiger partial charge in [0.25, 0.3) is 0 Å². The first kappa shape index (κ1) is 16.4. The molecule has 1 atom stereocenters. The van der Waals surface area contributed by atoms with Gasteiger partial charge in [0, 0.05) is 31.5 Å². The Bertz CT molecular complexity index is 534. The lowest BCUT2D eigenvalue weighted by Gasteiger charge is -2.36. The fourth-order valence-electron chi connectivity index (χ4n) is 3.62. The molecular weight excluding hydrogens is 292 g/mol. The van der Waals surface area contributed by atoms with Gasteiger partial charge in [0.1, 0.15) is 0 Å². The van der Waals surface area contributed by atoms with Gasteiger partial charge in [-0.2, -0.15) is 0 Å². The highest BCUT2D eigenvalue weighted by molar-refractivity contribution is 5.79. The number of nitrogens with zero attached hydrogens (tertiary/aromatic N) is 4. The summed E-state index contributed by atoms with van der Waals surface area (Å²) < 4.78 is 5.78. The van der Waals surface area contributed by atoms with Crippen LogP contribution in [0.3, 0.4) is 0 Å². The highest BCUT2D eigenvalue weighted by atomic mass is 16.4. The number of piperidine rings is 2. The predicted molar refractivity (Wildman–Crippen MR) is 87.2 cm³/mol. The summed E-state index contributed by atoms with van der Waals surface area (Å²) >= 11 is 0. The standard InChI is InChI=1S/C17H28N4O2/c1-12(2)15-18-19-16(23-15)13-6-9-21(10-7-13)17(22)14-5-4-8-20(3)11-14/h12-14H,4-11H2,1-3H3. The van der Waals surface area contributed by atoms with Crippen molar-refractivity contribution in [1.29, 1.82) is 0 Å². The van der Waals surface area contributed by atoms with E-state index in [2.05, 4.69) is 36.0 Å². The number of carbonyl (C=O) groups is 1. The van der Waals surface area contributed by atoms with Crippen LogP contribution in [0.2, 0.25) is 0 Å². The monoisotopic (exact) mass is 320 g/mol. The Kier molecular flexibility index (Phi) is 4.99. The lowest BCUT2D eigenvalue weighted by molar-refractivity contribution is -0.138. The quantitative estimate of drug-likeness (QED) is 0.855. The van der Waals surface area contributed by atoms with Gasteiger partial charge < -0.3 is 14.2 Å². The Morgan fingerprint density at radius 3 is 2.52 bits per heavy atom. The third-order valence-corrected chi connectivity index (χ3v) is 5.08. The molecule has 3 heterocycles. The van der Waals surface area contributed by atoms with Gasteiger partial charge in [0.05, 0.1) is 5.92 Å². The number of rotatable bonds is 3. The normalized spacial score (nSPS) is 24.3. The van der Waals surface area contributed by atoms with E-state index in [1.54, 1.807) is 0 Å². The summed E-state index contributed by atoms with van der Waals surface area (Å²) in [5.74, 6) is 2.54. The van der Waals surface area contributed by atoms with E-state index in [-0.39, 0.29) is 11.8 Å². The number of aromatic nitrogens is 2. The van der Waals surface area contributed by atoms with E-state index in [1.807, 2.05) is 4.90 Å².